The summed E-state index contributed by atoms with van der Waals surface area (Å²) in [4.78, 5) is 8.09. The van der Waals surface area contributed by atoms with E-state index in [9.17, 15) is 5.11 Å². The molecule has 2 rings (SSSR count). The first-order chi connectivity index (χ1) is 6.71. The molecule has 2 unspecified atom stereocenters. The molecule has 0 spiro atoms. The Morgan fingerprint density at radius 3 is 3.00 bits per heavy atom. The molecule has 1 aliphatic rings. The minimum Gasteiger partial charge on any atom is -0.383 e. The van der Waals surface area contributed by atoms with Crippen molar-refractivity contribution in [1.29, 1.82) is 0 Å². The van der Waals surface area contributed by atoms with E-state index in [1.54, 1.807) is 25.5 Å². The molecule has 0 aromatic carbocycles. The molecular weight excluding hydrogens is 180 g/mol. The summed E-state index contributed by atoms with van der Waals surface area (Å²) in [7, 11) is 0. The van der Waals surface area contributed by atoms with Crippen LogP contribution < -0.4 is 0 Å². The fourth-order valence-corrected chi connectivity index (χ4v) is 1.75. The number of rotatable bonds is 2. The summed E-state index contributed by atoms with van der Waals surface area (Å²) < 4.78 is 5.26. The van der Waals surface area contributed by atoms with Gasteiger partial charge in [-0.1, -0.05) is 0 Å². The quantitative estimate of drug-likeness (QED) is 0.753. The zero-order chi connectivity index (χ0) is 10.0. The molecule has 0 bridgehead atoms. The molecule has 14 heavy (non-hydrogen) atoms. The molecular formula is C10H14N2O2. The zero-order valence-electron chi connectivity index (χ0n) is 8.18. The van der Waals surface area contributed by atoms with Crippen molar-refractivity contribution < 1.29 is 9.84 Å². The third-order valence-electron chi connectivity index (χ3n) is 2.81. The van der Waals surface area contributed by atoms with E-state index in [1.807, 2.05) is 0 Å². The molecule has 1 saturated heterocycles. The van der Waals surface area contributed by atoms with Crippen molar-refractivity contribution in [3.63, 3.8) is 0 Å². The van der Waals surface area contributed by atoms with Crippen LogP contribution in [0.2, 0.25) is 0 Å². The lowest BCUT2D eigenvalue weighted by molar-refractivity contribution is -0.0138. The Hall–Kier alpha value is -1.00. The topological polar surface area (TPSA) is 55.2 Å². The number of ether oxygens (including phenoxy) is 1. The second kappa shape index (κ2) is 3.63. The Kier molecular flexibility index (Phi) is 2.48. The maximum Gasteiger partial charge on any atom is 0.110 e. The normalized spacial score (nSPS) is 26.0. The maximum atomic E-state index is 10.3. The van der Waals surface area contributed by atoms with Crippen molar-refractivity contribution >= 4 is 0 Å². The van der Waals surface area contributed by atoms with Gasteiger partial charge in [0.1, 0.15) is 5.60 Å². The van der Waals surface area contributed by atoms with Crippen molar-refractivity contribution in [3.05, 3.63) is 24.3 Å². The van der Waals surface area contributed by atoms with E-state index in [4.69, 9.17) is 4.74 Å². The number of nitrogens with zero attached hydrogens (tertiary/aromatic N) is 2. The highest BCUT2D eigenvalue weighted by atomic mass is 16.5. The van der Waals surface area contributed by atoms with Crippen LogP contribution in [0.3, 0.4) is 0 Å². The fraction of sp³-hybridized carbons (Fsp3) is 0.600. The number of hydrogen-bond acceptors (Lipinski definition) is 4. The lowest BCUT2D eigenvalue weighted by Gasteiger charge is -2.27. The molecule has 1 aromatic heterocycles. The minimum absolute atomic E-state index is 0.124. The molecule has 1 fully saturated rings. The van der Waals surface area contributed by atoms with E-state index in [0.717, 1.165) is 13.0 Å². The van der Waals surface area contributed by atoms with Crippen LogP contribution in [0.25, 0.3) is 0 Å². The summed E-state index contributed by atoms with van der Waals surface area (Å²) in [6.07, 6.45) is 5.69. The van der Waals surface area contributed by atoms with Crippen molar-refractivity contribution in [2.75, 3.05) is 13.2 Å². The SMILES string of the molecule is CC(O)(c1cnccn1)C1CCOC1. The summed E-state index contributed by atoms with van der Waals surface area (Å²) in [5.74, 6) is 0.124. The monoisotopic (exact) mass is 194 g/mol. The summed E-state index contributed by atoms with van der Waals surface area (Å²) >= 11 is 0. The van der Waals surface area contributed by atoms with Crippen molar-refractivity contribution in [1.82, 2.24) is 9.97 Å². The standard InChI is InChI=1S/C10H14N2O2/c1-10(13,8-2-5-14-7-8)9-6-11-3-4-12-9/h3-4,6,8,13H,2,5,7H2,1H3. The first-order valence-electron chi connectivity index (χ1n) is 4.78. The fourth-order valence-electron chi connectivity index (χ4n) is 1.75. The van der Waals surface area contributed by atoms with Gasteiger partial charge in [0, 0.05) is 24.9 Å². The molecule has 0 saturated carbocycles. The highest BCUT2D eigenvalue weighted by Gasteiger charge is 2.37. The van der Waals surface area contributed by atoms with Gasteiger partial charge in [-0.2, -0.15) is 0 Å². The van der Waals surface area contributed by atoms with Gasteiger partial charge in [-0.15, -0.1) is 0 Å². The van der Waals surface area contributed by atoms with Crippen LogP contribution in [0.1, 0.15) is 19.0 Å². The third kappa shape index (κ3) is 1.63. The Bertz CT molecular complexity index is 294. The number of aliphatic hydroxyl groups is 1. The first kappa shape index (κ1) is 9.55. The third-order valence-corrected chi connectivity index (χ3v) is 2.81. The van der Waals surface area contributed by atoms with Crippen LogP contribution in [0.4, 0.5) is 0 Å². The number of aromatic nitrogens is 2. The molecule has 0 amide bonds. The second-order valence-corrected chi connectivity index (χ2v) is 3.80. The lowest BCUT2D eigenvalue weighted by Crippen LogP contribution is -2.33. The van der Waals surface area contributed by atoms with Crippen molar-refractivity contribution in [2.45, 2.75) is 18.9 Å². The minimum atomic E-state index is -0.926. The van der Waals surface area contributed by atoms with Gasteiger partial charge in [-0.05, 0) is 13.3 Å². The summed E-state index contributed by atoms with van der Waals surface area (Å²) in [6, 6.07) is 0. The van der Waals surface area contributed by atoms with Gasteiger partial charge in [-0.25, -0.2) is 0 Å². The van der Waals surface area contributed by atoms with Crippen LogP contribution in [0, 0.1) is 5.92 Å². The highest BCUT2D eigenvalue weighted by Crippen LogP contribution is 2.32. The van der Waals surface area contributed by atoms with E-state index < -0.39 is 5.60 Å². The highest BCUT2D eigenvalue weighted by molar-refractivity contribution is 5.08. The van der Waals surface area contributed by atoms with E-state index in [2.05, 4.69) is 9.97 Å². The van der Waals surface area contributed by atoms with Crippen molar-refractivity contribution in [2.24, 2.45) is 5.92 Å². The average Bonchev–Trinajstić information content (AvgIpc) is 2.72. The van der Waals surface area contributed by atoms with Crippen LogP contribution in [-0.2, 0) is 10.3 Å². The predicted octanol–water partition coefficient (Wildman–Crippen LogP) is 0.721. The molecule has 0 radical (unpaired) electrons. The van der Waals surface area contributed by atoms with Gasteiger partial charge in [0.05, 0.1) is 18.5 Å². The van der Waals surface area contributed by atoms with Crippen LogP contribution in [-0.4, -0.2) is 28.3 Å². The van der Waals surface area contributed by atoms with E-state index in [1.165, 1.54) is 0 Å². The molecule has 2 atom stereocenters. The van der Waals surface area contributed by atoms with E-state index in [-0.39, 0.29) is 5.92 Å². The Labute approximate surface area is 83.0 Å². The van der Waals surface area contributed by atoms with Crippen LogP contribution >= 0.6 is 0 Å². The van der Waals surface area contributed by atoms with Crippen molar-refractivity contribution in [3.8, 4) is 0 Å². The second-order valence-electron chi connectivity index (χ2n) is 3.80. The predicted molar refractivity (Wildman–Crippen MR) is 50.5 cm³/mol. The molecule has 2 heterocycles. The Morgan fingerprint density at radius 1 is 1.57 bits per heavy atom. The summed E-state index contributed by atoms with van der Waals surface area (Å²) in [5, 5.41) is 10.3. The smallest absolute Gasteiger partial charge is 0.110 e. The van der Waals surface area contributed by atoms with Gasteiger partial charge in [0.15, 0.2) is 0 Å². The average molecular weight is 194 g/mol. The van der Waals surface area contributed by atoms with E-state index in [0.29, 0.717) is 12.3 Å². The molecule has 76 valence electrons. The largest absolute Gasteiger partial charge is 0.383 e. The molecule has 1 N–H and O–H groups in total. The zero-order valence-corrected chi connectivity index (χ0v) is 8.18. The number of hydrogen-bond donors (Lipinski definition) is 1. The van der Waals surface area contributed by atoms with Gasteiger partial charge in [0.2, 0.25) is 0 Å². The molecule has 1 aromatic rings. The summed E-state index contributed by atoms with van der Waals surface area (Å²) in [6.45, 7) is 3.10. The van der Waals surface area contributed by atoms with Crippen LogP contribution in [0.15, 0.2) is 18.6 Å². The summed E-state index contributed by atoms with van der Waals surface area (Å²) in [5.41, 5.74) is -0.305. The first-order valence-corrected chi connectivity index (χ1v) is 4.78. The molecule has 1 aliphatic heterocycles. The molecule has 4 nitrogen and oxygen atoms in total. The Balaban J connectivity index is 2.22. The lowest BCUT2D eigenvalue weighted by atomic mass is 9.86. The van der Waals surface area contributed by atoms with Gasteiger partial charge in [-0.3, -0.25) is 9.97 Å². The molecule has 4 heteroatoms. The van der Waals surface area contributed by atoms with E-state index >= 15 is 0 Å². The van der Waals surface area contributed by atoms with Gasteiger partial charge >= 0.3 is 0 Å². The molecule has 0 aliphatic carbocycles. The maximum absolute atomic E-state index is 10.3. The van der Waals surface area contributed by atoms with Crippen LogP contribution in [0.5, 0.6) is 0 Å². The van der Waals surface area contributed by atoms with Gasteiger partial charge in [0.25, 0.3) is 0 Å². The van der Waals surface area contributed by atoms with Gasteiger partial charge < -0.3 is 9.84 Å². The Morgan fingerprint density at radius 2 is 2.43 bits per heavy atom.